The second-order valence-corrected chi connectivity index (χ2v) is 8.40. The van der Waals surface area contributed by atoms with Gasteiger partial charge in [0.25, 0.3) is 0 Å². The smallest absolute Gasteiger partial charge is 0.307 e. The molecule has 0 aromatic rings. The maximum absolute atomic E-state index is 12.4. The van der Waals surface area contributed by atoms with Gasteiger partial charge in [0.15, 0.2) is 6.10 Å². The summed E-state index contributed by atoms with van der Waals surface area (Å²) in [7, 11) is 0. The first-order valence-corrected chi connectivity index (χ1v) is 11.8. The number of nitrogens with zero attached hydrogens (tertiary/aromatic N) is 1. The van der Waals surface area contributed by atoms with Crippen molar-refractivity contribution in [1.82, 2.24) is 0 Å². The molecule has 1 N–H and O–H groups in total. The molecular formula is C25H50ClNO4. The molecule has 0 amide bonds. The van der Waals surface area contributed by atoms with Crippen LogP contribution in [0.15, 0.2) is 0 Å². The number of hydrogen-bond donors (Lipinski definition) is 1. The van der Waals surface area contributed by atoms with Crippen molar-refractivity contribution in [2.75, 3.05) is 27.5 Å². The lowest BCUT2D eigenvalue weighted by atomic mass is 10.0. The fourth-order valence-corrected chi connectivity index (χ4v) is 3.53. The summed E-state index contributed by atoms with van der Waals surface area (Å²) in [5.74, 6) is -2.28. The zero-order valence-corrected chi connectivity index (χ0v) is 20.1. The number of rotatable bonds is 21. The van der Waals surface area contributed by atoms with Crippen molar-refractivity contribution in [3.05, 3.63) is 0 Å². The van der Waals surface area contributed by atoms with Gasteiger partial charge < -0.3 is 26.7 Å². The summed E-state index contributed by atoms with van der Waals surface area (Å²) >= 11 is 0. The van der Waals surface area contributed by atoms with E-state index in [1.807, 2.05) is 0 Å². The van der Waals surface area contributed by atoms with Crippen LogP contribution < -0.4 is 12.4 Å². The molecule has 0 aromatic carbocycles. The zero-order valence-electron chi connectivity index (χ0n) is 28.3. The number of unbranched alkanes of at least 4 members (excludes halogenated alkanes) is 14. The molecule has 0 aliphatic rings. The van der Waals surface area contributed by atoms with Crippen LogP contribution >= 0.6 is 0 Å². The summed E-state index contributed by atoms with van der Waals surface area (Å²) in [6.07, 6.45) is 14.6. The number of esters is 1. The quantitative estimate of drug-likeness (QED) is 0.158. The minimum Gasteiger partial charge on any atom is -1.00 e. The fraction of sp³-hybridized carbons (Fsp3) is 0.920. The van der Waals surface area contributed by atoms with Crippen molar-refractivity contribution in [3.63, 3.8) is 0 Å². The third-order valence-electron chi connectivity index (χ3n) is 5.16. The van der Waals surface area contributed by atoms with E-state index in [9.17, 15) is 14.7 Å². The Morgan fingerprint density at radius 2 is 1.23 bits per heavy atom. The molecule has 0 fully saturated rings. The normalized spacial score (nSPS) is 17.8. The van der Waals surface area contributed by atoms with Gasteiger partial charge in [0, 0.05) is 6.42 Å². The van der Waals surface area contributed by atoms with Crippen molar-refractivity contribution >= 4 is 11.9 Å². The summed E-state index contributed by atoms with van der Waals surface area (Å²) < 4.78 is 71.9. The minimum absolute atomic E-state index is 0. The van der Waals surface area contributed by atoms with Gasteiger partial charge >= 0.3 is 11.9 Å². The number of likely N-dealkylation sites (N-methyl/N-ethyl adjacent to an activating group) is 1. The van der Waals surface area contributed by atoms with Gasteiger partial charge in [-0.1, -0.05) is 96.8 Å². The molecule has 0 saturated carbocycles. The van der Waals surface area contributed by atoms with Crippen LogP contribution in [0.3, 0.4) is 0 Å². The molecule has 0 heterocycles. The summed E-state index contributed by atoms with van der Waals surface area (Å²) in [6, 6.07) is 0. The number of aliphatic carboxylic acids is 1. The highest BCUT2D eigenvalue weighted by Gasteiger charge is 2.24. The van der Waals surface area contributed by atoms with Crippen molar-refractivity contribution in [3.8, 4) is 0 Å². The van der Waals surface area contributed by atoms with Gasteiger partial charge in [-0.3, -0.25) is 9.59 Å². The van der Waals surface area contributed by atoms with Crippen LogP contribution in [0.25, 0.3) is 0 Å². The molecule has 0 bridgehead atoms. The number of carboxylic acid groups (broad SMARTS) is 1. The molecule has 6 heteroatoms. The Kier molecular flexibility index (Phi) is 12.6. The number of halogens is 1. The molecule has 0 spiro atoms. The van der Waals surface area contributed by atoms with E-state index in [2.05, 4.69) is 6.92 Å². The monoisotopic (exact) mass is 472 g/mol. The SMILES string of the molecule is [2H]C([2H])([2H])[N+](C[C@@H](CC(=O)O)OC(=O)CCCCCCCCCCCCCCCCC)(C([2H])([2H])[2H])C([2H])([2H])[2H].[Cl-]. The van der Waals surface area contributed by atoms with E-state index in [4.69, 9.17) is 17.1 Å². The van der Waals surface area contributed by atoms with E-state index in [0.717, 1.165) is 25.7 Å². The van der Waals surface area contributed by atoms with E-state index in [0.29, 0.717) is 6.42 Å². The Hall–Kier alpha value is -0.810. The van der Waals surface area contributed by atoms with Gasteiger partial charge in [0.1, 0.15) is 6.54 Å². The highest BCUT2D eigenvalue weighted by molar-refractivity contribution is 5.71. The summed E-state index contributed by atoms with van der Waals surface area (Å²) in [5.41, 5.74) is 0. The van der Waals surface area contributed by atoms with Crippen molar-refractivity contribution < 1.29 is 48.7 Å². The Balaban J connectivity index is 0. The fourth-order valence-electron chi connectivity index (χ4n) is 3.53. The molecule has 0 saturated heterocycles. The molecule has 31 heavy (non-hydrogen) atoms. The van der Waals surface area contributed by atoms with E-state index in [1.165, 1.54) is 64.2 Å². The van der Waals surface area contributed by atoms with Gasteiger partial charge in [0.2, 0.25) is 0 Å². The molecule has 186 valence electrons. The van der Waals surface area contributed by atoms with E-state index >= 15 is 0 Å². The summed E-state index contributed by atoms with van der Waals surface area (Å²) in [6.45, 7) is -9.63. The van der Waals surface area contributed by atoms with Crippen LogP contribution in [0.4, 0.5) is 0 Å². The van der Waals surface area contributed by atoms with Crippen molar-refractivity contribution in [1.29, 1.82) is 0 Å². The third kappa shape index (κ3) is 25.3. The Morgan fingerprint density at radius 1 is 0.806 bits per heavy atom. The van der Waals surface area contributed by atoms with Crippen LogP contribution in [0.1, 0.15) is 128 Å². The largest absolute Gasteiger partial charge is 1.00 e. The maximum Gasteiger partial charge on any atom is 0.307 e. The Bertz CT molecular complexity index is 665. The first-order chi connectivity index (χ1) is 18.0. The van der Waals surface area contributed by atoms with Gasteiger partial charge in [-0.05, 0) is 6.42 Å². The molecule has 1 atom stereocenters. The average molecular weight is 473 g/mol. The molecular weight excluding hydrogens is 414 g/mol. The first kappa shape index (κ1) is 18.6. The second kappa shape index (κ2) is 21.1. The predicted octanol–water partition coefficient (Wildman–Crippen LogP) is 3.34. The van der Waals surface area contributed by atoms with Gasteiger partial charge in [0.05, 0.1) is 39.7 Å². The molecule has 0 rings (SSSR count). The number of carboxylic acids is 1. The van der Waals surface area contributed by atoms with Gasteiger partial charge in [-0.25, -0.2) is 0 Å². The predicted molar refractivity (Wildman–Crippen MR) is 125 cm³/mol. The third-order valence-corrected chi connectivity index (χ3v) is 5.16. The highest BCUT2D eigenvalue weighted by Crippen LogP contribution is 2.14. The average Bonchev–Trinajstić information content (AvgIpc) is 2.77. The van der Waals surface area contributed by atoms with E-state index in [-0.39, 0.29) is 18.8 Å². The number of ether oxygens (including phenoxy) is 1. The Labute approximate surface area is 210 Å². The molecule has 0 aromatic heterocycles. The molecule has 0 radical (unpaired) electrons. The lowest BCUT2D eigenvalue weighted by molar-refractivity contribution is -0.873. The number of hydrogen-bond acceptors (Lipinski definition) is 3. The van der Waals surface area contributed by atoms with Crippen molar-refractivity contribution in [2.24, 2.45) is 0 Å². The summed E-state index contributed by atoms with van der Waals surface area (Å²) in [4.78, 5) is 23.7. The standard InChI is InChI=1S/C25H49NO4.ClH/c1-5-6-7-8-9-10-11-12-13-14-15-16-17-18-19-20-25(29)30-23(21-24(27)28)22-26(2,3)4;/h23H,5-22H2,1-4H3;1H/t23-;/m1./s1/i2D3,3D3,4D3;. The van der Waals surface area contributed by atoms with Crippen LogP contribution in [0.2, 0.25) is 0 Å². The minimum atomic E-state index is -3.55. The lowest BCUT2D eigenvalue weighted by Gasteiger charge is -2.28. The highest BCUT2D eigenvalue weighted by atomic mass is 35.5. The molecule has 0 unspecified atom stereocenters. The maximum atomic E-state index is 12.4. The Morgan fingerprint density at radius 3 is 1.61 bits per heavy atom. The second-order valence-electron chi connectivity index (χ2n) is 8.40. The van der Waals surface area contributed by atoms with Crippen LogP contribution in [0, 0.1) is 0 Å². The van der Waals surface area contributed by atoms with Gasteiger partial charge in [-0.2, -0.15) is 0 Å². The van der Waals surface area contributed by atoms with Crippen molar-refractivity contribution in [2.45, 2.75) is 122 Å². The zero-order chi connectivity index (χ0) is 30.2. The van der Waals surface area contributed by atoms with Crippen LogP contribution in [0.5, 0.6) is 0 Å². The molecule has 0 aliphatic carbocycles. The number of quaternary nitrogens is 1. The molecule has 5 nitrogen and oxygen atoms in total. The van der Waals surface area contributed by atoms with E-state index in [1.54, 1.807) is 0 Å². The van der Waals surface area contributed by atoms with Crippen LogP contribution in [-0.2, 0) is 14.3 Å². The first-order valence-electron chi connectivity index (χ1n) is 16.3. The van der Waals surface area contributed by atoms with Gasteiger partial charge in [-0.15, -0.1) is 0 Å². The van der Waals surface area contributed by atoms with E-state index < -0.39 is 56.4 Å². The number of carbonyl (C=O) groups excluding carboxylic acids is 1. The molecule has 0 aliphatic heterocycles. The topological polar surface area (TPSA) is 63.6 Å². The number of carbonyl (C=O) groups is 2. The lowest BCUT2D eigenvalue weighted by Crippen LogP contribution is -3.00. The van der Waals surface area contributed by atoms with Crippen LogP contribution in [-0.4, -0.2) is 55.1 Å². The summed E-state index contributed by atoms with van der Waals surface area (Å²) in [5, 5.41) is 9.20.